The van der Waals surface area contributed by atoms with E-state index < -0.39 is 12.0 Å². The van der Waals surface area contributed by atoms with Crippen LogP contribution in [0.15, 0.2) is 34.8 Å². The van der Waals surface area contributed by atoms with Crippen molar-refractivity contribution in [2.24, 2.45) is 0 Å². The maximum absolute atomic E-state index is 11.9. The lowest BCUT2D eigenvalue weighted by Crippen LogP contribution is -2.41. The number of carboxylic acid groups (broad SMARTS) is 1. The van der Waals surface area contributed by atoms with E-state index in [1.807, 2.05) is 24.3 Å². The lowest BCUT2D eigenvalue weighted by atomic mass is 10.2. The molecule has 4 nitrogen and oxygen atoms in total. The van der Waals surface area contributed by atoms with E-state index in [1.54, 1.807) is 13.0 Å². The first-order valence-corrected chi connectivity index (χ1v) is 6.68. The smallest absolute Gasteiger partial charge is 0.326 e. The van der Waals surface area contributed by atoms with Crippen LogP contribution in [0.25, 0.3) is 6.08 Å². The number of hydrogen-bond acceptors (Lipinski definition) is 2. The Morgan fingerprint density at radius 2 is 2.05 bits per heavy atom. The van der Waals surface area contributed by atoms with Crippen LogP contribution in [-0.4, -0.2) is 35.0 Å². The Morgan fingerprint density at radius 3 is 2.58 bits per heavy atom. The second kappa shape index (κ2) is 7.09. The Bertz CT molecular complexity index is 499. The molecule has 0 saturated heterocycles. The molecule has 0 spiro atoms. The van der Waals surface area contributed by atoms with Crippen molar-refractivity contribution in [3.05, 3.63) is 40.4 Å². The molecule has 0 heterocycles. The quantitative estimate of drug-likeness (QED) is 0.847. The van der Waals surface area contributed by atoms with Crippen LogP contribution in [0.5, 0.6) is 0 Å². The van der Waals surface area contributed by atoms with Gasteiger partial charge >= 0.3 is 5.97 Å². The molecule has 1 amide bonds. The molecule has 0 saturated carbocycles. The van der Waals surface area contributed by atoms with E-state index in [-0.39, 0.29) is 5.91 Å². The van der Waals surface area contributed by atoms with E-state index >= 15 is 0 Å². The van der Waals surface area contributed by atoms with Gasteiger partial charge in [-0.2, -0.15) is 0 Å². The Hall–Kier alpha value is -1.62. The van der Waals surface area contributed by atoms with Gasteiger partial charge in [-0.1, -0.05) is 41.1 Å². The summed E-state index contributed by atoms with van der Waals surface area (Å²) in [6.07, 6.45) is 3.42. The van der Waals surface area contributed by atoms with Crippen molar-refractivity contribution in [3.8, 4) is 0 Å². The number of halogens is 1. The molecule has 5 heteroatoms. The first-order chi connectivity index (χ1) is 8.97. The maximum atomic E-state index is 11.9. The van der Waals surface area contributed by atoms with Gasteiger partial charge in [0.25, 0.3) is 0 Å². The van der Waals surface area contributed by atoms with Crippen molar-refractivity contribution in [1.82, 2.24) is 4.90 Å². The van der Waals surface area contributed by atoms with Crippen LogP contribution in [0.3, 0.4) is 0 Å². The first kappa shape index (κ1) is 15.4. The summed E-state index contributed by atoms with van der Waals surface area (Å²) in [6.45, 7) is 1.74. The van der Waals surface area contributed by atoms with E-state index in [1.165, 1.54) is 18.0 Å². The highest BCUT2D eigenvalue weighted by molar-refractivity contribution is 9.10. The number of amides is 1. The zero-order valence-electron chi connectivity index (χ0n) is 10.8. The van der Waals surface area contributed by atoms with Crippen molar-refractivity contribution < 1.29 is 14.7 Å². The number of carbonyl (C=O) groups is 2. The molecule has 1 unspecified atom stereocenters. The Labute approximate surface area is 120 Å². The van der Waals surface area contributed by atoms with Crippen LogP contribution in [0, 0.1) is 0 Å². The second-order valence-electron chi connectivity index (χ2n) is 4.07. The Morgan fingerprint density at radius 1 is 1.42 bits per heavy atom. The highest BCUT2D eigenvalue weighted by atomic mass is 79.9. The third kappa shape index (κ3) is 4.21. The molecule has 0 radical (unpaired) electrons. The van der Waals surface area contributed by atoms with Crippen LogP contribution in [0.2, 0.25) is 0 Å². The Balaban J connectivity index is 2.80. The number of aliphatic carboxylic acids is 1. The standard InChI is InChI=1S/C14H16BrNO3/c1-3-12(14(18)19)16(2)13(17)9-8-10-6-4-5-7-11(10)15/h4-9,12H,3H2,1-2H3,(H,18,19). The predicted octanol–water partition coefficient (Wildman–Crippen LogP) is 2.78. The number of hydrogen-bond donors (Lipinski definition) is 1. The zero-order valence-corrected chi connectivity index (χ0v) is 12.4. The summed E-state index contributed by atoms with van der Waals surface area (Å²) < 4.78 is 0.881. The molecule has 0 aliphatic heterocycles. The van der Waals surface area contributed by atoms with E-state index in [0.717, 1.165) is 10.0 Å². The van der Waals surface area contributed by atoms with Gasteiger partial charge in [-0.15, -0.1) is 0 Å². The van der Waals surface area contributed by atoms with E-state index in [4.69, 9.17) is 5.11 Å². The summed E-state index contributed by atoms with van der Waals surface area (Å²) in [4.78, 5) is 24.1. The van der Waals surface area contributed by atoms with Crippen molar-refractivity contribution in [2.75, 3.05) is 7.05 Å². The monoisotopic (exact) mass is 325 g/mol. The number of likely N-dealkylation sites (N-methyl/N-ethyl adjacent to an activating group) is 1. The first-order valence-electron chi connectivity index (χ1n) is 5.89. The second-order valence-corrected chi connectivity index (χ2v) is 4.92. The Kier molecular flexibility index (Phi) is 5.76. The SMILES string of the molecule is CCC(C(=O)O)N(C)C(=O)C=Cc1ccccc1Br. The summed E-state index contributed by atoms with van der Waals surface area (Å²) >= 11 is 3.38. The summed E-state index contributed by atoms with van der Waals surface area (Å²) in [5.41, 5.74) is 0.868. The average Bonchev–Trinajstić information content (AvgIpc) is 2.37. The zero-order chi connectivity index (χ0) is 14.4. The average molecular weight is 326 g/mol. The van der Waals surface area contributed by atoms with Gasteiger partial charge in [0, 0.05) is 17.6 Å². The van der Waals surface area contributed by atoms with Crippen LogP contribution in [0.1, 0.15) is 18.9 Å². The minimum absolute atomic E-state index is 0.329. The molecule has 0 fully saturated rings. The normalized spacial score (nSPS) is 12.4. The fourth-order valence-corrected chi connectivity index (χ4v) is 2.07. The largest absolute Gasteiger partial charge is 0.480 e. The number of carboxylic acids is 1. The molecule has 1 N–H and O–H groups in total. The highest BCUT2D eigenvalue weighted by Gasteiger charge is 2.22. The van der Waals surface area contributed by atoms with Crippen molar-refractivity contribution >= 4 is 33.9 Å². The molecule has 1 aromatic rings. The van der Waals surface area contributed by atoms with Gasteiger partial charge in [0.2, 0.25) is 5.91 Å². The molecular formula is C14H16BrNO3. The van der Waals surface area contributed by atoms with Gasteiger partial charge in [-0.3, -0.25) is 4.79 Å². The van der Waals surface area contributed by atoms with Crippen LogP contribution in [-0.2, 0) is 9.59 Å². The van der Waals surface area contributed by atoms with Gasteiger partial charge in [0.15, 0.2) is 0 Å². The van der Waals surface area contributed by atoms with Gasteiger partial charge in [-0.25, -0.2) is 4.79 Å². The van der Waals surface area contributed by atoms with E-state index in [2.05, 4.69) is 15.9 Å². The molecule has 0 aliphatic carbocycles. The van der Waals surface area contributed by atoms with Gasteiger partial charge in [0.05, 0.1) is 0 Å². The van der Waals surface area contributed by atoms with Crippen molar-refractivity contribution in [3.63, 3.8) is 0 Å². The molecular weight excluding hydrogens is 310 g/mol. The number of benzene rings is 1. The molecule has 0 bridgehead atoms. The third-order valence-electron chi connectivity index (χ3n) is 2.80. The van der Waals surface area contributed by atoms with Crippen LogP contribution in [0.4, 0.5) is 0 Å². The number of nitrogens with zero attached hydrogens (tertiary/aromatic N) is 1. The molecule has 0 aromatic heterocycles. The third-order valence-corrected chi connectivity index (χ3v) is 3.52. The molecule has 1 aromatic carbocycles. The highest BCUT2D eigenvalue weighted by Crippen LogP contribution is 2.17. The fourth-order valence-electron chi connectivity index (χ4n) is 1.66. The fraction of sp³-hybridized carbons (Fsp3) is 0.286. The van der Waals surface area contributed by atoms with E-state index in [9.17, 15) is 9.59 Å². The van der Waals surface area contributed by atoms with Crippen molar-refractivity contribution in [1.29, 1.82) is 0 Å². The lowest BCUT2D eigenvalue weighted by molar-refractivity contribution is -0.147. The summed E-state index contributed by atoms with van der Waals surface area (Å²) in [6, 6.07) is 6.69. The van der Waals surface area contributed by atoms with Crippen LogP contribution >= 0.6 is 15.9 Å². The number of carbonyl (C=O) groups excluding carboxylic acids is 1. The maximum Gasteiger partial charge on any atom is 0.326 e. The minimum Gasteiger partial charge on any atom is -0.480 e. The minimum atomic E-state index is -0.993. The van der Waals surface area contributed by atoms with Crippen LogP contribution < -0.4 is 0 Å². The predicted molar refractivity (Wildman–Crippen MR) is 77.7 cm³/mol. The summed E-state index contributed by atoms with van der Waals surface area (Å²) in [5, 5.41) is 9.00. The van der Waals surface area contributed by atoms with E-state index in [0.29, 0.717) is 6.42 Å². The summed E-state index contributed by atoms with van der Waals surface area (Å²) in [7, 11) is 1.50. The van der Waals surface area contributed by atoms with Gasteiger partial charge in [-0.05, 0) is 24.1 Å². The molecule has 1 rings (SSSR count). The molecule has 0 aliphatic rings. The number of rotatable bonds is 5. The summed E-state index contributed by atoms with van der Waals surface area (Å²) in [5.74, 6) is -1.32. The molecule has 1 atom stereocenters. The molecule has 19 heavy (non-hydrogen) atoms. The van der Waals surface area contributed by atoms with Gasteiger partial charge < -0.3 is 10.0 Å². The lowest BCUT2D eigenvalue weighted by Gasteiger charge is -2.22. The molecule has 102 valence electrons. The van der Waals surface area contributed by atoms with Crippen molar-refractivity contribution in [2.45, 2.75) is 19.4 Å². The van der Waals surface area contributed by atoms with Gasteiger partial charge in [0.1, 0.15) is 6.04 Å². The topological polar surface area (TPSA) is 57.6 Å².